The molecular weight excluding hydrogens is 647 g/mol. The van der Waals surface area contributed by atoms with Crippen LogP contribution in [0.4, 0.5) is 0 Å². The standard InChI is InChI=1S/C49H31N3O/c1-5-15-32(16-6-1)37-27-38(33-17-7-2-8-18-33)29-39(28-37)48-50-47(36-22-11-4-12-23-36)51-49(52-48)40-30-43(34-19-9-3-10-20-34)46-44(31-40)42-26-25-35-21-13-14-24-41(35)45(42)53-46/h1-31H. The van der Waals surface area contributed by atoms with Gasteiger partial charge >= 0.3 is 0 Å². The number of benzene rings is 8. The van der Waals surface area contributed by atoms with E-state index in [9.17, 15) is 0 Å². The average molecular weight is 678 g/mol. The van der Waals surface area contributed by atoms with Gasteiger partial charge < -0.3 is 4.42 Å². The van der Waals surface area contributed by atoms with Crippen LogP contribution in [0.2, 0.25) is 0 Å². The van der Waals surface area contributed by atoms with E-state index >= 15 is 0 Å². The highest BCUT2D eigenvalue weighted by Gasteiger charge is 2.20. The molecule has 0 radical (unpaired) electrons. The first-order valence-electron chi connectivity index (χ1n) is 17.8. The van der Waals surface area contributed by atoms with E-state index in [1.165, 1.54) is 0 Å². The van der Waals surface area contributed by atoms with Gasteiger partial charge in [0.2, 0.25) is 0 Å². The Morgan fingerprint density at radius 1 is 0.283 bits per heavy atom. The summed E-state index contributed by atoms with van der Waals surface area (Å²) in [6.07, 6.45) is 0. The van der Waals surface area contributed by atoms with Crippen molar-refractivity contribution in [1.82, 2.24) is 15.0 Å². The molecule has 4 nitrogen and oxygen atoms in total. The Balaban J connectivity index is 1.24. The number of furan rings is 1. The molecule has 10 rings (SSSR count). The van der Waals surface area contributed by atoms with Crippen molar-refractivity contribution in [2.75, 3.05) is 0 Å². The van der Waals surface area contributed by atoms with Crippen LogP contribution < -0.4 is 0 Å². The van der Waals surface area contributed by atoms with Crippen LogP contribution in [-0.2, 0) is 0 Å². The van der Waals surface area contributed by atoms with Gasteiger partial charge in [0.05, 0.1) is 0 Å². The largest absolute Gasteiger partial charge is 0.455 e. The number of aromatic nitrogens is 3. The third-order valence-electron chi connectivity index (χ3n) is 9.88. The molecule has 0 unspecified atom stereocenters. The van der Waals surface area contributed by atoms with Gasteiger partial charge in [-0.3, -0.25) is 0 Å². The lowest BCUT2D eigenvalue weighted by Crippen LogP contribution is -2.01. The van der Waals surface area contributed by atoms with E-state index in [0.29, 0.717) is 17.5 Å². The van der Waals surface area contributed by atoms with E-state index in [1.54, 1.807) is 0 Å². The fourth-order valence-corrected chi connectivity index (χ4v) is 7.27. The van der Waals surface area contributed by atoms with E-state index in [-0.39, 0.29) is 0 Å². The van der Waals surface area contributed by atoms with Crippen molar-refractivity contribution < 1.29 is 4.42 Å². The molecule has 4 heteroatoms. The zero-order chi connectivity index (χ0) is 35.1. The summed E-state index contributed by atoms with van der Waals surface area (Å²) < 4.78 is 6.79. The quantitative estimate of drug-likeness (QED) is 0.176. The number of fused-ring (bicyclic) bond motifs is 5. The number of rotatable bonds is 6. The molecule has 0 fully saturated rings. The minimum absolute atomic E-state index is 0.592. The minimum atomic E-state index is 0.592. The highest BCUT2D eigenvalue weighted by molar-refractivity contribution is 6.18. The maximum atomic E-state index is 6.79. The molecular formula is C49H31N3O. The van der Waals surface area contributed by atoms with Gasteiger partial charge in [-0.2, -0.15) is 0 Å². The Labute approximate surface area is 306 Å². The first kappa shape index (κ1) is 30.6. The van der Waals surface area contributed by atoms with Crippen LogP contribution in [0, 0.1) is 0 Å². The summed E-state index contributed by atoms with van der Waals surface area (Å²) in [6.45, 7) is 0. The van der Waals surface area contributed by atoms with Crippen LogP contribution in [0.3, 0.4) is 0 Å². The number of hydrogen-bond acceptors (Lipinski definition) is 4. The van der Waals surface area contributed by atoms with Gasteiger partial charge in [0.25, 0.3) is 0 Å². The molecule has 10 aromatic rings. The van der Waals surface area contributed by atoms with E-state index in [0.717, 1.165) is 82.8 Å². The van der Waals surface area contributed by atoms with Crippen LogP contribution in [0.5, 0.6) is 0 Å². The fraction of sp³-hybridized carbons (Fsp3) is 0. The normalized spacial score (nSPS) is 11.4. The molecule has 0 aliphatic carbocycles. The molecule has 0 bridgehead atoms. The predicted molar refractivity (Wildman–Crippen MR) is 217 cm³/mol. The Bertz CT molecular complexity index is 2860. The maximum Gasteiger partial charge on any atom is 0.164 e. The third-order valence-corrected chi connectivity index (χ3v) is 9.88. The van der Waals surface area contributed by atoms with E-state index in [4.69, 9.17) is 19.4 Å². The molecule has 0 aliphatic rings. The molecule has 0 saturated heterocycles. The van der Waals surface area contributed by atoms with Gasteiger partial charge in [0, 0.05) is 38.4 Å². The second-order valence-corrected chi connectivity index (χ2v) is 13.2. The molecule has 8 aromatic carbocycles. The lowest BCUT2D eigenvalue weighted by molar-refractivity contribution is 0.674. The van der Waals surface area contributed by atoms with Crippen LogP contribution in [-0.4, -0.2) is 15.0 Å². The van der Waals surface area contributed by atoms with Crippen molar-refractivity contribution in [3.63, 3.8) is 0 Å². The molecule has 2 aromatic heterocycles. The van der Waals surface area contributed by atoms with Crippen LogP contribution in [0.15, 0.2) is 192 Å². The summed E-state index contributed by atoms with van der Waals surface area (Å²) in [5, 5.41) is 4.30. The Morgan fingerprint density at radius 3 is 1.36 bits per heavy atom. The molecule has 0 saturated carbocycles. The summed E-state index contributed by atoms with van der Waals surface area (Å²) in [7, 11) is 0. The summed E-state index contributed by atoms with van der Waals surface area (Å²) in [4.78, 5) is 15.6. The lowest BCUT2D eigenvalue weighted by atomic mass is 9.95. The smallest absolute Gasteiger partial charge is 0.164 e. The van der Waals surface area contributed by atoms with E-state index < -0.39 is 0 Å². The summed E-state index contributed by atoms with van der Waals surface area (Å²) >= 11 is 0. The first-order valence-corrected chi connectivity index (χ1v) is 17.8. The van der Waals surface area contributed by atoms with Crippen LogP contribution >= 0.6 is 0 Å². The van der Waals surface area contributed by atoms with Crippen molar-refractivity contribution >= 4 is 32.7 Å². The van der Waals surface area contributed by atoms with Gasteiger partial charge in [-0.15, -0.1) is 0 Å². The molecule has 0 N–H and O–H groups in total. The van der Waals surface area contributed by atoms with Crippen molar-refractivity contribution in [2.24, 2.45) is 0 Å². The number of hydrogen-bond donors (Lipinski definition) is 0. The third kappa shape index (κ3) is 5.63. The zero-order valence-corrected chi connectivity index (χ0v) is 28.6. The second-order valence-electron chi connectivity index (χ2n) is 13.2. The Hall–Kier alpha value is -7.17. The van der Waals surface area contributed by atoms with Gasteiger partial charge in [0.1, 0.15) is 11.2 Å². The van der Waals surface area contributed by atoms with Gasteiger partial charge in [-0.05, 0) is 69.6 Å². The van der Waals surface area contributed by atoms with Gasteiger partial charge in [-0.1, -0.05) is 152 Å². The second kappa shape index (κ2) is 12.9. The maximum absolute atomic E-state index is 6.79. The first-order chi connectivity index (χ1) is 26.2. The average Bonchev–Trinajstić information content (AvgIpc) is 3.63. The minimum Gasteiger partial charge on any atom is -0.455 e. The molecule has 53 heavy (non-hydrogen) atoms. The van der Waals surface area contributed by atoms with Crippen molar-refractivity contribution in [3.8, 4) is 67.5 Å². The van der Waals surface area contributed by atoms with Crippen molar-refractivity contribution in [3.05, 3.63) is 188 Å². The summed E-state index contributed by atoms with van der Waals surface area (Å²) in [5.41, 5.74) is 10.9. The van der Waals surface area contributed by atoms with Crippen LogP contribution in [0.25, 0.3) is 100 Å². The lowest BCUT2D eigenvalue weighted by Gasteiger charge is -2.13. The van der Waals surface area contributed by atoms with Crippen molar-refractivity contribution in [2.45, 2.75) is 0 Å². The van der Waals surface area contributed by atoms with Gasteiger partial charge in [0.15, 0.2) is 17.5 Å². The summed E-state index contributed by atoms with van der Waals surface area (Å²) in [6, 6.07) is 65.1. The topological polar surface area (TPSA) is 51.8 Å². The molecule has 2 heterocycles. The Morgan fingerprint density at radius 2 is 0.755 bits per heavy atom. The highest BCUT2D eigenvalue weighted by atomic mass is 16.3. The molecule has 0 aliphatic heterocycles. The zero-order valence-electron chi connectivity index (χ0n) is 28.6. The summed E-state index contributed by atoms with van der Waals surface area (Å²) in [5.74, 6) is 1.81. The predicted octanol–water partition coefficient (Wildman–Crippen LogP) is 12.9. The van der Waals surface area contributed by atoms with E-state index in [1.807, 2.05) is 48.5 Å². The van der Waals surface area contributed by atoms with Crippen molar-refractivity contribution in [1.29, 1.82) is 0 Å². The molecule has 248 valence electrons. The molecule has 0 atom stereocenters. The monoisotopic (exact) mass is 677 g/mol. The number of nitrogens with zero attached hydrogens (tertiary/aromatic N) is 3. The van der Waals surface area contributed by atoms with Crippen LogP contribution in [0.1, 0.15) is 0 Å². The highest BCUT2D eigenvalue weighted by Crippen LogP contribution is 2.42. The van der Waals surface area contributed by atoms with E-state index in [2.05, 4.69) is 140 Å². The molecule has 0 spiro atoms. The fourth-order valence-electron chi connectivity index (χ4n) is 7.27. The Kier molecular flexibility index (Phi) is 7.43. The molecule has 0 amide bonds. The van der Waals surface area contributed by atoms with Gasteiger partial charge in [-0.25, -0.2) is 15.0 Å². The SMILES string of the molecule is c1ccc(-c2cc(-c3ccccc3)cc(-c3nc(-c4ccccc4)nc(-c4cc(-c5ccccc5)c5oc6c7ccccc7ccc6c5c4)n3)c2)cc1.